The van der Waals surface area contributed by atoms with E-state index in [1.165, 1.54) is 12.1 Å². The molecular formula is C11H15FO. The predicted octanol–water partition coefficient (Wildman–Crippen LogP) is 3.05. The average Bonchev–Trinajstić information content (AvgIpc) is 2.11. The number of aryl methyl sites for hydroxylation is 2. The van der Waals surface area contributed by atoms with E-state index >= 15 is 0 Å². The number of benzene rings is 1. The van der Waals surface area contributed by atoms with Crippen LogP contribution in [0.25, 0.3) is 0 Å². The van der Waals surface area contributed by atoms with Crippen molar-refractivity contribution in [2.24, 2.45) is 0 Å². The van der Waals surface area contributed by atoms with Gasteiger partial charge in [-0.15, -0.1) is 0 Å². The highest BCUT2D eigenvalue weighted by atomic mass is 19.1. The van der Waals surface area contributed by atoms with E-state index in [1.807, 2.05) is 13.8 Å². The molecule has 0 heterocycles. The summed E-state index contributed by atoms with van der Waals surface area (Å²) in [6, 6.07) is 2.97. The second kappa shape index (κ2) is 4.26. The van der Waals surface area contributed by atoms with Crippen LogP contribution < -0.4 is 0 Å². The van der Waals surface area contributed by atoms with E-state index in [0.29, 0.717) is 24.0 Å². The molecule has 0 aromatic heterocycles. The van der Waals surface area contributed by atoms with Crippen molar-refractivity contribution in [3.63, 3.8) is 0 Å². The van der Waals surface area contributed by atoms with Gasteiger partial charge in [-0.25, -0.2) is 4.39 Å². The summed E-state index contributed by atoms with van der Waals surface area (Å²) < 4.78 is 13.3. The van der Waals surface area contributed by atoms with Crippen molar-refractivity contribution in [2.75, 3.05) is 0 Å². The third-order valence-corrected chi connectivity index (χ3v) is 2.15. The maximum absolute atomic E-state index is 13.3. The topological polar surface area (TPSA) is 20.2 Å². The lowest BCUT2D eigenvalue weighted by molar-refractivity contribution is 0.464. The van der Waals surface area contributed by atoms with E-state index in [4.69, 9.17) is 0 Å². The Morgan fingerprint density at radius 3 is 2.46 bits per heavy atom. The second-order valence-electron chi connectivity index (χ2n) is 3.18. The zero-order valence-electron chi connectivity index (χ0n) is 8.10. The van der Waals surface area contributed by atoms with Gasteiger partial charge in [0.2, 0.25) is 0 Å². The zero-order chi connectivity index (χ0) is 9.84. The molecule has 0 radical (unpaired) electrons. The summed E-state index contributed by atoms with van der Waals surface area (Å²) in [4.78, 5) is 0. The first-order chi connectivity index (χ1) is 6.19. The summed E-state index contributed by atoms with van der Waals surface area (Å²) in [6.45, 7) is 3.89. The summed E-state index contributed by atoms with van der Waals surface area (Å²) >= 11 is 0. The molecule has 0 saturated heterocycles. The van der Waals surface area contributed by atoms with E-state index in [0.717, 1.165) is 6.42 Å². The molecule has 1 rings (SSSR count). The van der Waals surface area contributed by atoms with Gasteiger partial charge in [0.1, 0.15) is 11.6 Å². The Kier molecular flexibility index (Phi) is 3.29. The Hall–Kier alpha value is -1.05. The normalized spacial score (nSPS) is 10.4. The van der Waals surface area contributed by atoms with Crippen molar-refractivity contribution in [3.8, 4) is 5.75 Å². The molecular weight excluding hydrogens is 167 g/mol. The third kappa shape index (κ3) is 2.20. The van der Waals surface area contributed by atoms with Gasteiger partial charge in [0.05, 0.1) is 0 Å². The minimum absolute atomic E-state index is 0.198. The SMILES string of the molecule is CCCc1cc(O)c(CC)cc1F. The predicted molar refractivity (Wildman–Crippen MR) is 51.4 cm³/mol. The quantitative estimate of drug-likeness (QED) is 0.761. The maximum atomic E-state index is 13.3. The number of halogens is 1. The Morgan fingerprint density at radius 1 is 1.23 bits per heavy atom. The van der Waals surface area contributed by atoms with E-state index in [2.05, 4.69) is 0 Å². The molecule has 1 aromatic rings. The van der Waals surface area contributed by atoms with Gasteiger partial charge in [-0.3, -0.25) is 0 Å². The van der Waals surface area contributed by atoms with Gasteiger partial charge in [-0.1, -0.05) is 20.3 Å². The van der Waals surface area contributed by atoms with Crippen LogP contribution in [0.4, 0.5) is 4.39 Å². The number of aromatic hydroxyl groups is 1. The second-order valence-corrected chi connectivity index (χ2v) is 3.18. The molecule has 1 nitrogen and oxygen atoms in total. The molecule has 0 aliphatic carbocycles. The molecule has 0 spiro atoms. The molecule has 1 aromatic carbocycles. The summed E-state index contributed by atoms with van der Waals surface area (Å²) in [5, 5.41) is 9.48. The van der Waals surface area contributed by atoms with Crippen LogP contribution in [-0.2, 0) is 12.8 Å². The molecule has 0 aliphatic rings. The smallest absolute Gasteiger partial charge is 0.126 e. The maximum Gasteiger partial charge on any atom is 0.126 e. The molecule has 0 saturated carbocycles. The standard InChI is InChI=1S/C11H15FO/c1-3-5-9-7-11(13)8(4-2)6-10(9)12/h6-7,13H,3-5H2,1-2H3. The van der Waals surface area contributed by atoms with Crippen molar-refractivity contribution >= 4 is 0 Å². The highest BCUT2D eigenvalue weighted by molar-refractivity contribution is 5.37. The minimum atomic E-state index is -0.198. The molecule has 0 amide bonds. The molecule has 0 bridgehead atoms. The van der Waals surface area contributed by atoms with E-state index < -0.39 is 0 Å². The lowest BCUT2D eigenvalue weighted by Crippen LogP contribution is -1.92. The number of phenols is 1. The monoisotopic (exact) mass is 182 g/mol. The summed E-state index contributed by atoms with van der Waals surface area (Å²) in [5.41, 5.74) is 1.29. The average molecular weight is 182 g/mol. The number of phenolic OH excluding ortho intramolecular Hbond substituents is 1. The minimum Gasteiger partial charge on any atom is -0.508 e. The molecule has 13 heavy (non-hydrogen) atoms. The summed E-state index contributed by atoms with van der Waals surface area (Å²) in [6.07, 6.45) is 2.24. The van der Waals surface area contributed by atoms with E-state index in [9.17, 15) is 9.50 Å². The lowest BCUT2D eigenvalue weighted by Gasteiger charge is -2.06. The van der Waals surface area contributed by atoms with Gasteiger partial charge in [0.15, 0.2) is 0 Å². The van der Waals surface area contributed by atoms with Gasteiger partial charge in [-0.2, -0.15) is 0 Å². The van der Waals surface area contributed by atoms with Crippen LogP contribution in [0.2, 0.25) is 0 Å². The summed E-state index contributed by atoms with van der Waals surface area (Å²) in [5.74, 6) is 0.0175. The Balaban J connectivity index is 3.05. The third-order valence-electron chi connectivity index (χ3n) is 2.15. The first kappa shape index (κ1) is 10.0. The van der Waals surface area contributed by atoms with Crippen LogP contribution >= 0.6 is 0 Å². The molecule has 0 fully saturated rings. The van der Waals surface area contributed by atoms with Gasteiger partial charge in [-0.05, 0) is 36.1 Å². The number of rotatable bonds is 3. The van der Waals surface area contributed by atoms with Crippen molar-refractivity contribution in [2.45, 2.75) is 33.1 Å². The number of hydrogen-bond acceptors (Lipinski definition) is 1. The fraction of sp³-hybridized carbons (Fsp3) is 0.455. The van der Waals surface area contributed by atoms with Crippen LogP contribution in [-0.4, -0.2) is 5.11 Å². The zero-order valence-corrected chi connectivity index (χ0v) is 8.10. The van der Waals surface area contributed by atoms with Crippen molar-refractivity contribution in [1.29, 1.82) is 0 Å². The first-order valence-electron chi connectivity index (χ1n) is 4.69. The Morgan fingerprint density at radius 2 is 1.92 bits per heavy atom. The van der Waals surface area contributed by atoms with Gasteiger partial charge in [0.25, 0.3) is 0 Å². The van der Waals surface area contributed by atoms with E-state index in [1.54, 1.807) is 0 Å². The first-order valence-corrected chi connectivity index (χ1v) is 4.69. The molecule has 0 unspecified atom stereocenters. The molecule has 72 valence electrons. The molecule has 0 aliphatic heterocycles. The molecule has 0 atom stereocenters. The molecule has 1 N–H and O–H groups in total. The van der Waals surface area contributed by atoms with Crippen LogP contribution in [0.5, 0.6) is 5.75 Å². The largest absolute Gasteiger partial charge is 0.508 e. The van der Waals surface area contributed by atoms with Crippen molar-refractivity contribution in [1.82, 2.24) is 0 Å². The van der Waals surface area contributed by atoms with Gasteiger partial charge >= 0.3 is 0 Å². The fourth-order valence-electron chi connectivity index (χ4n) is 1.39. The summed E-state index contributed by atoms with van der Waals surface area (Å²) in [7, 11) is 0. The van der Waals surface area contributed by atoms with Crippen LogP contribution in [0.3, 0.4) is 0 Å². The number of hydrogen-bond donors (Lipinski definition) is 1. The Labute approximate surface area is 78.2 Å². The highest BCUT2D eigenvalue weighted by Gasteiger charge is 2.06. The van der Waals surface area contributed by atoms with Gasteiger partial charge < -0.3 is 5.11 Å². The highest BCUT2D eigenvalue weighted by Crippen LogP contribution is 2.22. The van der Waals surface area contributed by atoms with E-state index in [-0.39, 0.29) is 11.6 Å². The molecule has 2 heteroatoms. The van der Waals surface area contributed by atoms with Crippen molar-refractivity contribution < 1.29 is 9.50 Å². The van der Waals surface area contributed by atoms with Crippen LogP contribution in [0, 0.1) is 5.82 Å². The van der Waals surface area contributed by atoms with Crippen LogP contribution in [0.15, 0.2) is 12.1 Å². The van der Waals surface area contributed by atoms with Crippen molar-refractivity contribution in [3.05, 3.63) is 29.1 Å². The fourth-order valence-corrected chi connectivity index (χ4v) is 1.39. The van der Waals surface area contributed by atoms with Gasteiger partial charge in [0, 0.05) is 0 Å². The Bertz CT molecular complexity index is 294. The lowest BCUT2D eigenvalue weighted by atomic mass is 10.0. The van der Waals surface area contributed by atoms with Crippen LogP contribution in [0.1, 0.15) is 31.4 Å².